The maximum Gasteiger partial charge on any atom is 0.338 e. The van der Waals surface area contributed by atoms with Crippen molar-refractivity contribution in [2.75, 3.05) is 27.3 Å². The number of likely N-dealkylation sites (N-methyl/N-ethyl adjacent to an activating group) is 1. The summed E-state index contributed by atoms with van der Waals surface area (Å²) in [7, 11) is 3.14. The number of primary amides is 1. The average Bonchev–Trinajstić information content (AvgIpc) is 2.42. The van der Waals surface area contributed by atoms with Gasteiger partial charge in [-0.1, -0.05) is 0 Å². The number of hydrogen-bond acceptors (Lipinski definition) is 5. The van der Waals surface area contributed by atoms with E-state index in [9.17, 15) is 14.4 Å². The van der Waals surface area contributed by atoms with Crippen molar-refractivity contribution in [3.63, 3.8) is 0 Å². The highest BCUT2D eigenvalue weighted by Gasteiger charge is 2.11. The van der Waals surface area contributed by atoms with Crippen LogP contribution in [0.5, 0.6) is 5.75 Å². The molecule has 0 aliphatic rings. The summed E-state index contributed by atoms with van der Waals surface area (Å²) in [6.07, 6.45) is 0. The highest BCUT2D eigenvalue weighted by atomic mass is 16.5. The van der Waals surface area contributed by atoms with E-state index in [2.05, 4.69) is 0 Å². The van der Waals surface area contributed by atoms with Gasteiger partial charge in [0.25, 0.3) is 11.8 Å². The predicted molar refractivity (Wildman–Crippen MR) is 70.1 cm³/mol. The number of ether oxygens (including phenoxy) is 2. The van der Waals surface area contributed by atoms with E-state index in [1.165, 1.54) is 29.2 Å². The lowest BCUT2D eigenvalue weighted by Gasteiger charge is -2.10. The van der Waals surface area contributed by atoms with Crippen LogP contribution in [0.1, 0.15) is 10.4 Å². The smallest absolute Gasteiger partial charge is 0.338 e. The second kappa shape index (κ2) is 7.13. The van der Waals surface area contributed by atoms with Gasteiger partial charge in [-0.15, -0.1) is 0 Å². The van der Waals surface area contributed by atoms with Gasteiger partial charge in [0.05, 0.1) is 5.56 Å². The molecule has 1 aromatic rings. The predicted octanol–water partition coefficient (Wildman–Crippen LogP) is -0.204. The molecule has 0 saturated heterocycles. The highest BCUT2D eigenvalue weighted by molar-refractivity contribution is 5.91. The van der Waals surface area contributed by atoms with Crippen LogP contribution in [0.2, 0.25) is 0 Å². The van der Waals surface area contributed by atoms with Gasteiger partial charge < -0.3 is 20.1 Å². The van der Waals surface area contributed by atoms with Crippen LogP contribution in [0.25, 0.3) is 0 Å². The fourth-order valence-electron chi connectivity index (χ4n) is 1.18. The summed E-state index contributed by atoms with van der Waals surface area (Å²) in [5.41, 5.74) is 5.22. The van der Waals surface area contributed by atoms with Crippen molar-refractivity contribution in [1.82, 2.24) is 4.90 Å². The van der Waals surface area contributed by atoms with Gasteiger partial charge in [-0.05, 0) is 24.3 Å². The van der Waals surface area contributed by atoms with Gasteiger partial charge in [-0.3, -0.25) is 9.59 Å². The Labute approximate surface area is 116 Å². The summed E-state index contributed by atoms with van der Waals surface area (Å²) < 4.78 is 9.89. The molecule has 0 aliphatic carbocycles. The minimum atomic E-state index is -0.610. The zero-order valence-electron chi connectivity index (χ0n) is 11.3. The fraction of sp³-hybridized carbons (Fsp3) is 0.308. The molecular formula is C13H16N2O5. The van der Waals surface area contributed by atoms with Crippen LogP contribution >= 0.6 is 0 Å². The second-order valence-electron chi connectivity index (χ2n) is 4.14. The third kappa shape index (κ3) is 4.97. The molecule has 1 aromatic carbocycles. The molecule has 2 amide bonds. The first-order chi connectivity index (χ1) is 9.40. The molecule has 0 aromatic heterocycles. The Morgan fingerprint density at radius 1 is 1.10 bits per heavy atom. The Morgan fingerprint density at radius 3 is 2.20 bits per heavy atom. The molecule has 0 unspecified atom stereocenters. The lowest BCUT2D eigenvalue weighted by molar-refractivity contribution is -0.132. The lowest BCUT2D eigenvalue weighted by Crippen LogP contribution is -2.27. The number of hydrogen-bond donors (Lipinski definition) is 1. The molecule has 0 bridgehead atoms. The molecule has 0 aliphatic heterocycles. The molecule has 0 atom stereocenters. The first-order valence-corrected chi connectivity index (χ1v) is 5.78. The number of rotatable bonds is 6. The van der Waals surface area contributed by atoms with Crippen molar-refractivity contribution in [2.24, 2.45) is 5.73 Å². The lowest BCUT2D eigenvalue weighted by atomic mass is 10.2. The summed E-state index contributed by atoms with van der Waals surface area (Å²) in [6.45, 7) is -0.549. The molecule has 0 spiro atoms. The number of benzene rings is 1. The number of carbonyl (C=O) groups is 3. The van der Waals surface area contributed by atoms with Crippen molar-refractivity contribution in [3.8, 4) is 5.75 Å². The van der Waals surface area contributed by atoms with Crippen LogP contribution < -0.4 is 10.5 Å². The molecule has 7 heteroatoms. The molecule has 0 fully saturated rings. The molecular weight excluding hydrogens is 264 g/mol. The van der Waals surface area contributed by atoms with Crippen molar-refractivity contribution >= 4 is 17.8 Å². The largest absolute Gasteiger partial charge is 0.484 e. The van der Waals surface area contributed by atoms with Gasteiger partial charge in [0.2, 0.25) is 0 Å². The van der Waals surface area contributed by atoms with Crippen molar-refractivity contribution < 1.29 is 23.9 Å². The highest BCUT2D eigenvalue weighted by Crippen LogP contribution is 2.12. The minimum Gasteiger partial charge on any atom is -0.484 e. The first-order valence-electron chi connectivity index (χ1n) is 5.78. The SMILES string of the molecule is CN(C)C(=O)COC(=O)c1ccc(OCC(N)=O)cc1. The van der Waals surface area contributed by atoms with E-state index in [0.29, 0.717) is 5.75 Å². The molecule has 0 radical (unpaired) electrons. The normalized spacial score (nSPS) is 9.70. The summed E-state index contributed by atoms with van der Waals surface area (Å²) >= 11 is 0. The monoisotopic (exact) mass is 280 g/mol. The first kappa shape index (κ1) is 15.5. The van der Waals surface area contributed by atoms with E-state index >= 15 is 0 Å². The number of esters is 1. The van der Waals surface area contributed by atoms with E-state index in [1.807, 2.05) is 0 Å². The van der Waals surface area contributed by atoms with Crippen molar-refractivity contribution in [2.45, 2.75) is 0 Å². The van der Waals surface area contributed by atoms with Gasteiger partial charge in [0, 0.05) is 14.1 Å². The Morgan fingerprint density at radius 2 is 1.70 bits per heavy atom. The van der Waals surface area contributed by atoms with E-state index in [1.54, 1.807) is 14.1 Å². The van der Waals surface area contributed by atoms with E-state index in [-0.39, 0.29) is 24.7 Å². The summed E-state index contributed by atoms with van der Waals surface area (Å²) in [6, 6.07) is 5.96. The van der Waals surface area contributed by atoms with E-state index in [0.717, 1.165) is 0 Å². The molecule has 0 saturated carbocycles. The third-order valence-corrected chi connectivity index (χ3v) is 2.30. The Balaban J connectivity index is 2.53. The molecule has 2 N–H and O–H groups in total. The zero-order valence-corrected chi connectivity index (χ0v) is 11.3. The third-order valence-electron chi connectivity index (χ3n) is 2.30. The van der Waals surface area contributed by atoms with Gasteiger partial charge in [0.1, 0.15) is 5.75 Å². The molecule has 20 heavy (non-hydrogen) atoms. The Hall–Kier alpha value is -2.57. The average molecular weight is 280 g/mol. The molecule has 1 rings (SSSR count). The van der Waals surface area contributed by atoms with Crippen LogP contribution in [-0.4, -0.2) is 50.0 Å². The molecule has 0 heterocycles. The van der Waals surface area contributed by atoms with Gasteiger partial charge >= 0.3 is 5.97 Å². The minimum absolute atomic E-state index is 0.235. The second-order valence-corrected chi connectivity index (χ2v) is 4.14. The maximum absolute atomic E-state index is 11.6. The van der Waals surface area contributed by atoms with E-state index in [4.69, 9.17) is 15.2 Å². The van der Waals surface area contributed by atoms with Crippen LogP contribution in [0.3, 0.4) is 0 Å². The zero-order chi connectivity index (χ0) is 15.1. The number of nitrogens with two attached hydrogens (primary N) is 1. The van der Waals surface area contributed by atoms with Gasteiger partial charge in [-0.25, -0.2) is 4.79 Å². The molecule has 108 valence electrons. The summed E-state index contributed by atoms with van der Waals surface area (Å²) in [5.74, 6) is -1.10. The topological polar surface area (TPSA) is 98.9 Å². The van der Waals surface area contributed by atoms with E-state index < -0.39 is 11.9 Å². The standard InChI is InChI=1S/C13H16N2O5/c1-15(2)12(17)8-20-13(18)9-3-5-10(6-4-9)19-7-11(14)16/h3-6H,7-8H2,1-2H3,(H2,14,16). The summed E-state index contributed by atoms with van der Waals surface area (Å²) in [4.78, 5) is 34.8. The van der Waals surface area contributed by atoms with Crippen molar-refractivity contribution in [1.29, 1.82) is 0 Å². The van der Waals surface area contributed by atoms with Crippen LogP contribution in [0.15, 0.2) is 24.3 Å². The summed E-state index contributed by atoms with van der Waals surface area (Å²) in [5, 5.41) is 0. The number of nitrogens with zero attached hydrogens (tertiary/aromatic N) is 1. The van der Waals surface area contributed by atoms with Crippen LogP contribution in [0.4, 0.5) is 0 Å². The number of carbonyl (C=O) groups excluding carboxylic acids is 3. The number of amides is 2. The van der Waals surface area contributed by atoms with Gasteiger partial charge in [0.15, 0.2) is 13.2 Å². The Bertz CT molecular complexity index is 496. The quantitative estimate of drug-likeness (QED) is 0.727. The van der Waals surface area contributed by atoms with Crippen LogP contribution in [0, 0.1) is 0 Å². The maximum atomic E-state index is 11.6. The molecule has 7 nitrogen and oxygen atoms in total. The van der Waals surface area contributed by atoms with Crippen LogP contribution in [-0.2, 0) is 14.3 Å². The van der Waals surface area contributed by atoms with Gasteiger partial charge in [-0.2, -0.15) is 0 Å². The Kier molecular flexibility index (Phi) is 5.52. The fourth-order valence-corrected chi connectivity index (χ4v) is 1.18. The van der Waals surface area contributed by atoms with Crippen molar-refractivity contribution in [3.05, 3.63) is 29.8 Å².